The Morgan fingerprint density at radius 3 is 2.86 bits per heavy atom. The maximum atomic E-state index is 12.0. The lowest BCUT2D eigenvalue weighted by molar-refractivity contribution is -0.122. The summed E-state index contributed by atoms with van der Waals surface area (Å²) >= 11 is 0. The van der Waals surface area contributed by atoms with Gasteiger partial charge in [0.2, 0.25) is 5.91 Å². The Morgan fingerprint density at radius 2 is 2.19 bits per heavy atom. The molecule has 0 aromatic heterocycles. The van der Waals surface area contributed by atoms with Gasteiger partial charge in [-0.05, 0) is 50.3 Å². The highest BCUT2D eigenvalue weighted by Gasteiger charge is 2.16. The van der Waals surface area contributed by atoms with Crippen LogP contribution < -0.4 is 10.6 Å². The Labute approximate surface area is 126 Å². The van der Waals surface area contributed by atoms with E-state index in [9.17, 15) is 9.90 Å². The number of aliphatic hydroxyl groups is 1. The minimum absolute atomic E-state index is 0.0222. The molecule has 0 aliphatic carbocycles. The lowest BCUT2D eigenvalue weighted by Gasteiger charge is -2.23. The molecule has 1 heterocycles. The number of amides is 1. The number of rotatable bonds is 7. The minimum atomic E-state index is -0.190. The van der Waals surface area contributed by atoms with E-state index >= 15 is 0 Å². The summed E-state index contributed by atoms with van der Waals surface area (Å²) in [6.07, 6.45) is 4.58. The molecular weight excluding hydrogens is 264 g/mol. The number of piperidine rings is 1. The van der Waals surface area contributed by atoms with Crippen LogP contribution in [0, 0.1) is 5.92 Å². The Hall–Kier alpha value is -1.39. The first-order valence-electron chi connectivity index (χ1n) is 7.93. The van der Waals surface area contributed by atoms with Gasteiger partial charge in [-0.3, -0.25) is 4.79 Å². The van der Waals surface area contributed by atoms with Crippen LogP contribution >= 0.6 is 0 Å². The van der Waals surface area contributed by atoms with Crippen LogP contribution in [0.2, 0.25) is 0 Å². The summed E-state index contributed by atoms with van der Waals surface area (Å²) in [4.78, 5) is 12.0. The van der Waals surface area contributed by atoms with Gasteiger partial charge in [0.15, 0.2) is 0 Å². The van der Waals surface area contributed by atoms with Crippen LogP contribution in [-0.2, 0) is 11.2 Å². The summed E-state index contributed by atoms with van der Waals surface area (Å²) < 4.78 is 0. The molecule has 0 bridgehead atoms. The smallest absolute Gasteiger partial charge is 0.220 e. The zero-order valence-electron chi connectivity index (χ0n) is 12.6. The van der Waals surface area contributed by atoms with Crippen molar-refractivity contribution in [3.63, 3.8) is 0 Å². The number of aliphatic hydroxyl groups excluding tert-OH is 1. The van der Waals surface area contributed by atoms with Crippen LogP contribution in [0.15, 0.2) is 30.3 Å². The standard InChI is InChI=1S/C17H26N2O2/c20-13-16(11-14-5-2-1-3-6-14)19-17(21)9-8-15-7-4-10-18-12-15/h1-3,5-6,15-16,18,20H,4,7-13H2,(H,19,21)/t15?,16-/m0/s1. The van der Waals surface area contributed by atoms with E-state index in [0.717, 1.165) is 25.1 Å². The summed E-state index contributed by atoms with van der Waals surface area (Å²) in [5, 5.41) is 15.7. The van der Waals surface area contributed by atoms with Gasteiger partial charge in [-0.15, -0.1) is 0 Å². The second-order valence-corrected chi connectivity index (χ2v) is 5.89. The van der Waals surface area contributed by atoms with Gasteiger partial charge in [-0.25, -0.2) is 0 Å². The van der Waals surface area contributed by atoms with Crippen LogP contribution in [-0.4, -0.2) is 36.8 Å². The maximum absolute atomic E-state index is 12.0. The van der Waals surface area contributed by atoms with E-state index in [1.54, 1.807) is 0 Å². The largest absolute Gasteiger partial charge is 0.394 e. The minimum Gasteiger partial charge on any atom is -0.394 e. The van der Waals surface area contributed by atoms with Crippen molar-refractivity contribution in [2.75, 3.05) is 19.7 Å². The van der Waals surface area contributed by atoms with Crippen molar-refractivity contribution in [2.45, 2.75) is 38.1 Å². The maximum Gasteiger partial charge on any atom is 0.220 e. The first-order valence-corrected chi connectivity index (χ1v) is 7.93. The van der Waals surface area contributed by atoms with Gasteiger partial charge >= 0.3 is 0 Å². The summed E-state index contributed by atoms with van der Waals surface area (Å²) in [5.74, 6) is 0.668. The highest BCUT2D eigenvalue weighted by molar-refractivity contribution is 5.76. The molecule has 4 heteroatoms. The van der Waals surface area contributed by atoms with Crippen molar-refractivity contribution in [1.29, 1.82) is 0 Å². The number of carbonyl (C=O) groups excluding carboxylic acids is 1. The van der Waals surface area contributed by atoms with Crippen molar-refractivity contribution in [3.05, 3.63) is 35.9 Å². The van der Waals surface area contributed by atoms with Crippen molar-refractivity contribution in [1.82, 2.24) is 10.6 Å². The lowest BCUT2D eigenvalue weighted by atomic mass is 9.94. The van der Waals surface area contributed by atoms with E-state index in [-0.39, 0.29) is 18.6 Å². The van der Waals surface area contributed by atoms with Crippen LogP contribution in [0.3, 0.4) is 0 Å². The van der Waals surface area contributed by atoms with Gasteiger partial charge in [-0.1, -0.05) is 30.3 Å². The molecule has 116 valence electrons. The molecule has 21 heavy (non-hydrogen) atoms. The average Bonchev–Trinajstić information content (AvgIpc) is 2.54. The second kappa shape index (κ2) is 8.80. The first kappa shape index (κ1) is 16.0. The third kappa shape index (κ3) is 5.86. The molecule has 1 aromatic rings. The van der Waals surface area contributed by atoms with E-state index in [0.29, 0.717) is 18.8 Å². The van der Waals surface area contributed by atoms with E-state index in [2.05, 4.69) is 10.6 Å². The third-order valence-corrected chi connectivity index (χ3v) is 4.09. The predicted molar refractivity (Wildman–Crippen MR) is 84.0 cm³/mol. The summed E-state index contributed by atoms with van der Waals surface area (Å²) in [6.45, 7) is 2.11. The molecule has 1 aromatic carbocycles. The highest BCUT2D eigenvalue weighted by atomic mass is 16.3. The van der Waals surface area contributed by atoms with Gasteiger partial charge in [0, 0.05) is 6.42 Å². The van der Waals surface area contributed by atoms with Crippen LogP contribution in [0.4, 0.5) is 0 Å². The molecule has 2 atom stereocenters. The average molecular weight is 290 g/mol. The van der Waals surface area contributed by atoms with Crippen molar-refractivity contribution in [3.8, 4) is 0 Å². The van der Waals surface area contributed by atoms with Crippen LogP contribution in [0.25, 0.3) is 0 Å². The van der Waals surface area contributed by atoms with E-state index in [1.807, 2.05) is 30.3 Å². The molecule has 0 radical (unpaired) electrons. The number of carbonyl (C=O) groups is 1. The fourth-order valence-electron chi connectivity index (χ4n) is 2.87. The highest BCUT2D eigenvalue weighted by Crippen LogP contribution is 2.15. The molecule has 1 fully saturated rings. The number of nitrogens with one attached hydrogen (secondary N) is 2. The topological polar surface area (TPSA) is 61.4 Å². The Morgan fingerprint density at radius 1 is 1.38 bits per heavy atom. The zero-order valence-corrected chi connectivity index (χ0v) is 12.6. The monoisotopic (exact) mass is 290 g/mol. The molecule has 1 aliphatic heterocycles. The molecule has 1 saturated heterocycles. The predicted octanol–water partition coefficient (Wildman–Crippen LogP) is 1.49. The van der Waals surface area contributed by atoms with Gasteiger partial charge in [-0.2, -0.15) is 0 Å². The lowest BCUT2D eigenvalue weighted by Crippen LogP contribution is -2.39. The fraction of sp³-hybridized carbons (Fsp3) is 0.588. The first-order chi connectivity index (χ1) is 10.3. The number of hydrogen-bond acceptors (Lipinski definition) is 3. The molecule has 2 rings (SSSR count). The van der Waals surface area contributed by atoms with E-state index in [1.165, 1.54) is 12.8 Å². The third-order valence-electron chi connectivity index (χ3n) is 4.09. The van der Waals surface area contributed by atoms with Crippen LogP contribution in [0.5, 0.6) is 0 Å². The van der Waals surface area contributed by atoms with Gasteiger partial charge in [0.25, 0.3) is 0 Å². The van der Waals surface area contributed by atoms with Crippen LogP contribution in [0.1, 0.15) is 31.2 Å². The van der Waals surface area contributed by atoms with E-state index < -0.39 is 0 Å². The normalized spacial score (nSPS) is 20.0. The van der Waals surface area contributed by atoms with Gasteiger partial charge < -0.3 is 15.7 Å². The molecule has 4 nitrogen and oxygen atoms in total. The Kier molecular flexibility index (Phi) is 6.70. The summed E-state index contributed by atoms with van der Waals surface area (Å²) in [5.41, 5.74) is 1.13. The SMILES string of the molecule is O=C(CCC1CCCNC1)N[C@H](CO)Cc1ccccc1. The zero-order chi connectivity index (χ0) is 14.9. The molecule has 0 spiro atoms. The van der Waals surface area contributed by atoms with Crippen molar-refractivity contribution >= 4 is 5.91 Å². The number of hydrogen-bond donors (Lipinski definition) is 3. The molecule has 3 N–H and O–H groups in total. The Bertz CT molecular complexity index is 416. The number of benzene rings is 1. The fourth-order valence-corrected chi connectivity index (χ4v) is 2.87. The van der Waals surface area contributed by atoms with Gasteiger partial charge in [0.1, 0.15) is 0 Å². The summed E-state index contributed by atoms with van der Waals surface area (Å²) in [7, 11) is 0. The molecule has 1 aliphatic rings. The molecule has 1 amide bonds. The molecular formula is C17H26N2O2. The molecule has 0 saturated carbocycles. The second-order valence-electron chi connectivity index (χ2n) is 5.89. The van der Waals surface area contributed by atoms with Gasteiger partial charge in [0.05, 0.1) is 12.6 Å². The summed E-state index contributed by atoms with van der Waals surface area (Å²) in [6, 6.07) is 9.76. The molecule has 1 unspecified atom stereocenters. The Balaban J connectivity index is 1.71. The van der Waals surface area contributed by atoms with Crippen molar-refractivity contribution < 1.29 is 9.90 Å². The van der Waals surface area contributed by atoms with E-state index in [4.69, 9.17) is 0 Å². The quantitative estimate of drug-likeness (QED) is 0.713. The van der Waals surface area contributed by atoms with Crippen molar-refractivity contribution in [2.24, 2.45) is 5.92 Å².